The second-order valence-corrected chi connectivity index (χ2v) is 4.80. The van der Waals surface area contributed by atoms with Gasteiger partial charge in [0.1, 0.15) is 0 Å². The van der Waals surface area contributed by atoms with Gasteiger partial charge in [-0.2, -0.15) is 15.0 Å². The van der Waals surface area contributed by atoms with Crippen molar-refractivity contribution in [2.24, 2.45) is 0 Å². The van der Waals surface area contributed by atoms with Gasteiger partial charge in [0.2, 0.25) is 17.2 Å². The molecule has 1 aliphatic rings. The van der Waals surface area contributed by atoms with Crippen molar-refractivity contribution < 1.29 is 9.84 Å². The number of nitrogens with one attached hydrogen (secondary N) is 2. The van der Waals surface area contributed by atoms with E-state index in [9.17, 15) is 5.11 Å². The van der Waals surface area contributed by atoms with Crippen molar-refractivity contribution in [1.29, 1.82) is 0 Å². The van der Waals surface area contributed by atoms with Crippen molar-refractivity contribution in [1.82, 2.24) is 15.0 Å². The summed E-state index contributed by atoms with van der Waals surface area (Å²) in [5.74, 6) is 0.789. The number of aliphatic hydroxyl groups is 1. The number of anilines is 2. The van der Waals surface area contributed by atoms with E-state index in [1.165, 1.54) is 0 Å². The van der Waals surface area contributed by atoms with Crippen molar-refractivity contribution in [3.63, 3.8) is 0 Å². The van der Waals surface area contributed by atoms with E-state index in [1.807, 2.05) is 6.92 Å². The molecule has 0 aromatic carbocycles. The minimum Gasteiger partial charge on any atom is -0.394 e. The van der Waals surface area contributed by atoms with Gasteiger partial charge in [0.15, 0.2) is 0 Å². The van der Waals surface area contributed by atoms with Gasteiger partial charge in [0.25, 0.3) is 0 Å². The molecule has 1 saturated heterocycles. The van der Waals surface area contributed by atoms with E-state index in [-0.39, 0.29) is 11.9 Å². The standard InChI is InChI=1S/C11H18ClN5O2/c1-2-13-9-14-8(12)15-10(16-9)17-11(7-18)3-5-19-6-4-11/h18H,2-7H2,1H3,(H2,13,14,15,16,17). The normalized spacial score (nSPS) is 18.1. The van der Waals surface area contributed by atoms with E-state index in [4.69, 9.17) is 16.3 Å². The summed E-state index contributed by atoms with van der Waals surface area (Å²) in [6.07, 6.45) is 1.40. The van der Waals surface area contributed by atoms with Gasteiger partial charge in [-0.3, -0.25) is 0 Å². The van der Waals surface area contributed by atoms with E-state index < -0.39 is 5.54 Å². The Kier molecular flexibility index (Phi) is 4.73. The summed E-state index contributed by atoms with van der Waals surface area (Å²) < 4.78 is 5.31. The third-order valence-corrected chi connectivity index (χ3v) is 3.24. The molecular formula is C11H18ClN5O2. The van der Waals surface area contributed by atoms with Crippen LogP contribution in [0.2, 0.25) is 5.28 Å². The minimum atomic E-state index is -0.452. The van der Waals surface area contributed by atoms with E-state index in [2.05, 4.69) is 25.6 Å². The maximum absolute atomic E-state index is 9.61. The number of hydrogen-bond donors (Lipinski definition) is 3. The van der Waals surface area contributed by atoms with Gasteiger partial charge in [-0.25, -0.2) is 0 Å². The maximum atomic E-state index is 9.61. The molecule has 2 heterocycles. The molecule has 8 heteroatoms. The largest absolute Gasteiger partial charge is 0.394 e. The zero-order chi connectivity index (χ0) is 13.7. The molecule has 0 spiro atoms. The number of aromatic nitrogens is 3. The lowest BCUT2D eigenvalue weighted by Gasteiger charge is -2.36. The number of hydrogen-bond acceptors (Lipinski definition) is 7. The Balaban J connectivity index is 2.16. The summed E-state index contributed by atoms with van der Waals surface area (Å²) >= 11 is 5.86. The van der Waals surface area contributed by atoms with Crippen LogP contribution >= 0.6 is 11.6 Å². The second kappa shape index (κ2) is 6.31. The van der Waals surface area contributed by atoms with Gasteiger partial charge in [0.05, 0.1) is 12.1 Å². The van der Waals surface area contributed by atoms with Gasteiger partial charge < -0.3 is 20.5 Å². The Morgan fingerprint density at radius 2 is 1.95 bits per heavy atom. The zero-order valence-electron chi connectivity index (χ0n) is 10.8. The highest BCUT2D eigenvalue weighted by Crippen LogP contribution is 2.24. The molecule has 3 N–H and O–H groups in total. The average Bonchev–Trinajstić information content (AvgIpc) is 2.39. The molecule has 0 amide bonds. The predicted octanol–water partition coefficient (Wildman–Crippen LogP) is 0.910. The van der Waals surface area contributed by atoms with Crippen LogP contribution in [-0.4, -0.2) is 52.0 Å². The highest BCUT2D eigenvalue weighted by Gasteiger charge is 2.32. The van der Waals surface area contributed by atoms with E-state index in [0.717, 1.165) is 0 Å². The Morgan fingerprint density at radius 3 is 2.58 bits per heavy atom. The maximum Gasteiger partial charge on any atom is 0.229 e. The molecule has 0 atom stereocenters. The van der Waals surface area contributed by atoms with Crippen LogP contribution in [0.3, 0.4) is 0 Å². The molecule has 0 unspecified atom stereocenters. The molecular weight excluding hydrogens is 270 g/mol. The van der Waals surface area contributed by atoms with Gasteiger partial charge in [-0.15, -0.1) is 0 Å². The van der Waals surface area contributed by atoms with Gasteiger partial charge in [-0.1, -0.05) is 0 Å². The third kappa shape index (κ3) is 3.65. The quantitative estimate of drug-likeness (QED) is 0.741. The molecule has 1 fully saturated rings. The van der Waals surface area contributed by atoms with Crippen LogP contribution in [-0.2, 0) is 4.74 Å². The summed E-state index contributed by atoms with van der Waals surface area (Å²) in [6, 6.07) is 0. The van der Waals surface area contributed by atoms with Crippen LogP contribution < -0.4 is 10.6 Å². The van der Waals surface area contributed by atoms with Crippen LogP contribution in [0.5, 0.6) is 0 Å². The van der Waals surface area contributed by atoms with Crippen LogP contribution in [0.4, 0.5) is 11.9 Å². The van der Waals surface area contributed by atoms with E-state index in [1.54, 1.807) is 0 Å². The summed E-state index contributed by atoms with van der Waals surface area (Å²) in [6.45, 7) is 3.84. The van der Waals surface area contributed by atoms with Crippen LogP contribution in [0.1, 0.15) is 19.8 Å². The summed E-state index contributed by atoms with van der Waals surface area (Å²) in [5, 5.41) is 15.9. The lowest BCUT2D eigenvalue weighted by Crippen LogP contribution is -2.47. The Morgan fingerprint density at radius 1 is 1.26 bits per heavy atom. The molecule has 0 radical (unpaired) electrons. The van der Waals surface area contributed by atoms with Crippen molar-refractivity contribution in [3.8, 4) is 0 Å². The number of rotatable bonds is 5. The Labute approximate surface area is 116 Å². The highest BCUT2D eigenvalue weighted by molar-refractivity contribution is 6.28. The first-order chi connectivity index (χ1) is 9.17. The van der Waals surface area contributed by atoms with Crippen molar-refractivity contribution >= 4 is 23.5 Å². The molecule has 1 aliphatic heterocycles. The first-order valence-electron chi connectivity index (χ1n) is 6.30. The SMILES string of the molecule is CCNc1nc(Cl)nc(NC2(CO)CCOCC2)n1. The average molecular weight is 288 g/mol. The lowest BCUT2D eigenvalue weighted by molar-refractivity contribution is 0.0377. The number of aliphatic hydroxyl groups excluding tert-OH is 1. The predicted molar refractivity (Wildman–Crippen MR) is 72.5 cm³/mol. The fourth-order valence-corrected chi connectivity index (χ4v) is 2.13. The first-order valence-corrected chi connectivity index (χ1v) is 6.67. The summed E-state index contributed by atoms with van der Waals surface area (Å²) in [5.41, 5.74) is -0.452. The second-order valence-electron chi connectivity index (χ2n) is 4.46. The Hall–Kier alpha value is -1.18. The molecule has 0 saturated carbocycles. The van der Waals surface area contributed by atoms with Crippen LogP contribution in [0.15, 0.2) is 0 Å². The smallest absolute Gasteiger partial charge is 0.229 e. The van der Waals surface area contributed by atoms with Crippen LogP contribution in [0, 0.1) is 0 Å². The van der Waals surface area contributed by atoms with Gasteiger partial charge in [0, 0.05) is 19.8 Å². The van der Waals surface area contributed by atoms with E-state index >= 15 is 0 Å². The van der Waals surface area contributed by atoms with Crippen LogP contribution in [0.25, 0.3) is 0 Å². The molecule has 7 nitrogen and oxygen atoms in total. The zero-order valence-corrected chi connectivity index (χ0v) is 11.6. The summed E-state index contributed by atoms with van der Waals surface area (Å²) in [4.78, 5) is 12.2. The fourth-order valence-electron chi connectivity index (χ4n) is 1.97. The Bertz CT molecular complexity index is 426. The van der Waals surface area contributed by atoms with E-state index in [0.29, 0.717) is 44.5 Å². The highest BCUT2D eigenvalue weighted by atomic mass is 35.5. The van der Waals surface area contributed by atoms with Crippen molar-refractivity contribution in [2.45, 2.75) is 25.3 Å². The molecule has 106 valence electrons. The number of ether oxygens (including phenoxy) is 1. The first kappa shape index (κ1) is 14.2. The van der Waals surface area contributed by atoms with Crippen molar-refractivity contribution in [3.05, 3.63) is 5.28 Å². The third-order valence-electron chi connectivity index (χ3n) is 3.07. The molecule has 0 bridgehead atoms. The van der Waals surface area contributed by atoms with Gasteiger partial charge >= 0.3 is 0 Å². The molecule has 0 aliphatic carbocycles. The monoisotopic (exact) mass is 287 g/mol. The molecule has 2 rings (SSSR count). The number of nitrogens with zero attached hydrogens (tertiary/aromatic N) is 3. The minimum absolute atomic E-state index is 0.00377. The lowest BCUT2D eigenvalue weighted by atomic mass is 9.91. The van der Waals surface area contributed by atoms with Gasteiger partial charge in [-0.05, 0) is 31.4 Å². The fraction of sp³-hybridized carbons (Fsp3) is 0.727. The number of halogens is 1. The summed E-state index contributed by atoms with van der Waals surface area (Å²) in [7, 11) is 0. The van der Waals surface area contributed by atoms with Crippen molar-refractivity contribution in [2.75, 3.05) is 37.0 Å². The molecule has 19 heavy (non-hydrogen) atoms. The molecule has 1 aromatic heterocycles. The topological polar surface area (TPSA) is 92.2 Å². The molecule has 1 aromatic rings.